The first-order valence-corrected chi connectivity index (χ1v) is 18.8. The van der Waals surface area contributed by atoms with E-state index >= 15 is 0 Å². The molecule has 2 N–H and O–H groups in total. The van der Waals surface area contributed by atoms with E-state index in [1.165, 1.54) is 23.9 Å². The van der Waals surface area contributed by atoms with Crippen molar-refractivity contribution < 1.29 is 23.9 Å². The van der Waals surface area contributed by atoms with Gasteiger partial charge in [0.15, 0.2) is 0 Å². The number of anilines is 2. The molecule has 0 unspecified atom stereocenters. The lowest BCUT2D eigenvalue weighted by Crippen LogP contribution is -2.46. The predicted molar refractivity (Wildman–Crippen MR) is 223 cm³/mol. The van der Waals surface area contributed by atoms with Crippen LogP contribution in [0, 0.1) is 13.8 Å². The van der Waals surface area contributed by atoms with Crippen LogP contribution in [-0.2, 0) is 22.8 Å². The standard InChI is InChI=1S/C41H36Cl4N6O5/c1-23-11-13-25-7-5-9-33(39(25)48-23)55-21-27-29(42)15-17-31(37(27)44)50(3)35(52)19-46-41(54)47-20-36(53)51(4)32-18-16-30(43)28(38(32)45)22-56-34-10-6-8-26-14-12-24(2)49-40(26)34/h5-18H,19-22H2,1-4H3,(H2,46,47,54). The SMILES string of the molecule is Cc1ccc2cccc(OCc3c(Cl)ccc(N(C)C(=O)CNC(=O)NCC(=O)N(C)c4ccc(Cl)c(COc5cccc6ccc(C)nc56)c4Cl)c3Cl)c2n1. The number of amides is 4. The third-order valence-electron chi connectivity index (χ3n) is 8.99. The number of halogens is 4. The molecule has 288 valence electrons. The first-order valence-electron chi connectivity index (χ1n) is 17.3. The van der Waals surface area contributed by atoms with Crippen LogP contribution in [0.5, 0.6) is 11.5 Å². The molecule has 2 heterocycles. The smallest absolute Gasteiger partial charge is 0.315 e. The zero-order valence-electron chi connectivity index (χ0n) is 30.8. The van der Waals surface area contributed by atoms with Gasteiger partial charge in [-0.25, -0.2) is 14.8 Å². The molecule has 11 nitrogen and oxygen atoms in total. The van der Waals surface area contributed by atoms with Crippen molar-refractivity contribution in [3.05, 3.63) is 128 Å². The number of nitrogens with one attached hydrogen (secondary N) is 2. The summed E-state index contributed by atoms with van der Waals surface area (Å²) in [6.07, 6.45) is 0. The number of aromatic nitrogens is 2. The first kappa shape index (κ1) is 40.3. The van der Waals surface area contributed by atoms with Crippen molar-refractivity contribution in [3.63, 3.8) is 0 Å². The highest BCUT2D eigenvalue weighted by atomic mass is 35.5. The third-order valence-corrected chi connectivity index (χ3v) is 10.5. The van der Waals surface area contributed by atoms with Gasteiger partial charge in [-0.05, 0) is 62.4 Å². The molecule has 0 bridgehead atoms. The highest BCUT2D eigenvalue weighted by Gasteiger charge is 2.22. The van der Waals surface area contributed by atoms with Gasteiger partial charge in [0.05, 0.1) is 34.5 Å². The average Bonchev–Trinajstić information content (AvgIpc) is 3.18. The van der Waals surface area contributed by atoms with E-state index in [4.69, 9.17) is 55.9 Å². The van der Waals surface area contributed by atoms with Crippen LogP contribution >= 0.6 is 46.4 Å². The van der Waals surface area contributed by atoms with Gasteiger partial charge in [-0.1, -0.05) is 82.8 Å². The van der Waals surface area contributed by atoms with Gasteiger partial charge in [-0.15, -0.1) is 0 Å². The van der Waals surface area contributed by atoms with E-state index in [2.05, 4.69) is 20.6 Å². The minimum Gasteiger partial charge on any atom is -0.487 e. The van der Waals surface area contributed by atoms with Gasteiger partial charge in [0, 0.05) is 57.4 Å². The van der Waals surface area contributed by atoms with Crippen molar-refractivity contribution in [3.8, 4) is 11.5 Å². The third kappa shape index (κ3) is 9.03. The molecule has 56 heavy (non-hydrogen) atoms. The number of ether oxygens (including phenoxy) is 2. The second kappa shape index (κ2) is 17.6. The van der Waals surface area contributed by atoms with Gasteiger partial charge in [-0.3, -0.25) is 9.59 Å². The van der Waals surface area contributed by atoms with Crippen LogP contribution in [0.25, 0.3) is 21.8 Å². The van der Waals surface area contributed by atoms with Crippen LogP contribution in [0.4, 0.5) is 16.2 Å². The maximum atomic E-state index is 13.1. The molecule has 6 aromatic rings. The Bertz CT molecular complexity index is 2310. The lowest BCUT2D eigenvalue weighted by atomic mass is 10.1. The van der Waals surface area contributed by atoms with Crippen LogP contribution in [-0.4, -0.2) is 55.0 Å². The molecule has 4 amide bonds. The lowest BCUT2D eigenvalue weighted by Gasteiger charge is -2.22. The van der Waals surface area contributed by atoms with E-state index < -0.39 is 30.9 Å². The van der Waals surface area contributed by atoms with E-state index in [0.29, 0.717) is 55.1 Å². The summed E-state index contributed by atoms with van der Waals surface area (Å²) in [5, 5.41) is 7.94. The molecule has 0 saturated heterocycles. The first-order chi connectivity index (χ1) is 26.8. The van der Waals surface area contributed by atoms with Gasteiger partial charge >= 0.3 is 6.03 Å². The Labute approximate surface area is 343 Å². The molecule has 0 radical (unpaired) electrons. The summed E-state index contributed by atoms with van der Waals surface area (Å²) in [7, 11) is 3.04. The number of urea groups is 1. The lowest BCUT2D eigenvalue weighted by molar-refractivity contribution is -0.117. The van der Waals surface area contributed by atoms with Crippen molar-refractivity contribution >= 4 is 97.4 Å². The molecule has 4 aromatic carbocycles. The number of pyridine rings is 2. The number of likely N-dealkylation sites (N-methyl/N-ethyl adjacent to an activating group) is 2. The molecule has 0 saturated carbocycles. The molecule has 0 aliphatic heterocycles. The molecular weight excluding hydrogens is 798 g/mol. The number of rotatable bonds is 12. The minimum absolute atomic E-state index is 0.0181. The largest absolute Gasteiger partial charge is 0.487 e. The Morgan fingerprint density at radius 1 is 0.589 bits per heavy atom. The van der Waals surface area contributed by atoms with Crippen LogP contribution in [0.1, 0.15) is 22.5 Å². The maximum Gasteiger partial charge on any atom is 0.315 e. The number of aryl methyl sites for hydroxylation is 2. The molecular formula is C41H36Cl4N6O5. The van der Waals surface area contributed by atoms with Crippen molar-refractivity contribution in [1.29, 1.82) is 0 Å². The summed E-state index contributed by atoms with van der Waals surface area (Å²) in [5.74, 6) is 0.157. The summed E-state index contributed by atoms with van der Waals surface area (Å²) in [6.45, 7) is 3.05. The summed E-state index contributed by atoms with van der Waals surface area (Å²) < 4.78 is 12.2. The molecule has 0 fully saturated rings. The highest BCUT2D eigenvalue weighted by Crippen LogP contribution is 2.37. The summed E-state index contributed by atoms with van der Waals surface area (Å²) >= 11 is 26.5. The number of nitrogens with zero attached hydrogens (tertiary/aromatic N) is 4. The number of hydrogen-bond acceptors (Lipinski definition) is 7. The van der Waals surface area contributed by atoms with Gasteiger partial charge in [0.25, 0.3) is 0 Å². The fraction of sp³-hybridized carbons (Fsp3) is 0.195. The quantitative estimate of drug-likeness (QED) is 0.126. The van der Waals surface area contributed by atoms with E-state index in [0.717, 1.165) is 22.2 Å². The summed E-state index contributed by atoms with van der Waals surface area (Å²) in [6, 6.07) is 24.7. The van der Waals surface area contributed by atoms with Crippen molar-refractivity contribution in [2.24, 2.45) is 0 Å². The van der Waals surface area contributed by atoms with Gasteiger partial charge in [0.2, 0.25) is 11.8 Å². The Balaban J connectivity index is 1.03. The minimum atomic E-state index is -0.737. The molecule has 2 aromatic heterocycles. The molecule has 0 aliphatic carbocycles. The Morgan fingerprint density at radius 3 is 1.41 bits per heavy atom. The Hall–Kier alpha value is -5.33. The molecule has 0 aliphatic rings. The number of para-hydroxylation sites is 2. The second-order valence-corrected chi connectivity index (χ2v) is 14.4. The number of carbonyl (C=O) groups is 3. The molecule has 0 spiro atoms. The maximum absolute atomic E-state index is 13.1. The molecule has 0 atom stereocenters. The van der Waals surface area contributed by atoms with Crippen LogP contribution in [0.3, 0.4) is 0 Å². The number of fused-ring (bicyclic) bond motifs is 2. The van der Waals surface area contributed by atoms with Crippen LogP contribution in [0.15, 0.2) is 84.9 Å². The van der Waals surface area contributed by atoms with Gasteiger partial charge in [-0.2, -0.15) is 0 Å². The van der Waals surface area contributed by atoms with E-state index in [9.17, 15) is 14.4 Å². The molecule has 15 heteroatoms. The fourth-order valence-electron chi connectivity index (χ4n) is 5.80. The average molecular weight is 835 g/mol. The number of carbonyl (C=O) groups excluding carboxylic acids is 3. The Morgan fingerprint density at radius 2 is 1.00 bits per heavy atom. The monoisotopic (exact) mass is 832 g/mol. The Kier molecular flexibility index (Phi) is 12.7. The van der Waals surface area contributed by atoms with E-state index in [1.807, 2.05) is 74.5 Å². The van der Waals surface area contributed by atoms with Crippen LogP contribution < -0.4 is 29.9 Å². The summed E-state index contributed by atoms with van der Waals surface area (Å²) in [5.41, 5.74) is 4.77. The summed E-state index contributed by atoms with van der Waals surface area (Å²) in [4.78, 5) is 50.7. The number of hydrogen-bond donors (Lipinski definition) is 2. The number of benzene rings is 4. The van der Waals surface area contributed by atoms with Gasteiger partial charge < -0.3 is 29.9 Å². The molecule has 6 rings (SSSR count). The van der Waals surface area contributed by atoms with Crippen molar-refractivity contribution in [2.45, 2.75) is 27.1 Å². The predicted octanol–water partition coefficient (Wildman–Crippen LogP) is 9.10. The zero-order chi connectivity index (χ0) is 40.1. The topological polar surface area (TPSA) is 126 Å². The fourth-order valence-corrected chi connectivity index (χ4v) is 7.01. The van der Waals surface area contributed by atoms with Crippen molar-refractivity contribution in [1.82, 2.24) is 20.6 Å². The van der Waals surface area contributed by atoms with E-state index in [1.54, 1.807) is 24.3 Å². The van der Waals surface area contributed by atoms with Gasteiger partial charge in [0.1, 0.15) is 35.7 Å². The van der Waals surface area contributed by atoms with E-state index in [-0.39, 0.29) is 23.3 Å². The highest BCUT2D eigenvalue weighted by molar-refractivity contribution is 6.39. The van der Waals surface area contributed by atoms with Crippen molar-refractivity contribution in [2.75, 3.05) is 37.0 Å². The second-order valence-electron chi connectivity index (χ2n) is 12.8. The zero-order valence-corrected chi connectivity index (χ0v) is 33.8. The normalized spacial score (nSPS) is 11.0. The van der Waals surface area contributed by atoms with Crippen LogP contribution in [0.2, 0.25) is 20.1 Å².